The van der Waals surface area contributed by atoms with Crippen molar-refractivity contribution < 1.29 is 14.7 Å². The summed E-state index contributed by atoms with van der Waals surface area (Å²) in [5.41, 5.74) is 1.49. The lowest BCUT2D eigenvalue weighted by Crippen LogP contribution is -2.47. The monoisotopic (exact) mass is 280 g/mol. The van der Waals surface area contributed by atoms with E-state index in [0.717, 1.165) is 18.3 Å². The summed E-state index contributed by atoms with van der Waals surface area (Å²) < 4.78 is 0. The van der Waals surface area contributed by atoms with Crippen LogP contribution in [0.4, 0.5) is 5.69 Å². The van der Waals surface area contributed by atoms with Gasteiger partial charge in [0.05, 0.1) is 6.54 Å². The number of aliphatic carboxylic acids is 1. The molecule has 6 heteroatoms. The summed E-state index contributed by atoms with van der Waals surface area (Å²) in [7, 11) is 0. The van der Waals surface area contributed by atoms with E-state index in [4.69, 9.17) is 16.7 Å². The zero-order valence-corrected chi connectivity index (χ0v) is 10.9. The van der Waals surface area contributed by atoms with Gasteiger partial charge in [-0.25, -0.2) is 4.79 Å². The van der Waals surface area contributed by atoms with Crippen LogP contribution in [0.1, 0.15) is 5.56 Å². The van der Waals surface area contributed by atoms with Gasteiger partial charge >= 0.3 is 5.97 Å². The largest absolute Gasteiger partial charge is 0.478 e. The molecule has 1 aromatic rings. The van der Waals surface area contributed by atoms with E-state index in [1.165, 1.54) is 6.08 Å². The van der Waals surface area contributed by atoms with Crippen molar-refractivity contribution in [2.45, 2.75) is 0 Å². The molecule has 0 atom stereocenters. The van der Waals surface area contributed by atoms with Crippen LogP contribution in [0.3, 0.4) is 0 Å². The first kappa shape index (κ1) is 13.4. The number of carbonyl (C=O) groups is 2. The maximum Gasteiger partial charge on any atom is 0.328 e. The molecule has 1 aliphatic rings. The van der Waals surface area contributed by atoms with Crippen LogP contribution in [0.15, 0.2) is 24.3 Å². The standard InChI is InChI=1S/C13H13ClN2O3/c14-11-7-10(16-6-5-15-12(17)8-16)3-1-9(11)2-4-13(18)19/h1-4,7H,5-6,8H2,(H,15,17)(H,18,19)/b4-2+. The average molecular weight is 281 g/mol. The Balaban J connectivity index is 2.18. The maximum atomic E-state index is 11.3. The number of nitrogens with zero attached hydrogens (tertiary/aromatic N) is 1. The predicted molar refractivity (Wildman–Crippen MR) is 73.3 cm³/mol. The van der Waals surface area contributed by atoms with Crippen molar-refractivity contribution in [1.82, 2.24) is 5.32 Å². The quantitative estimate of drug-likeness (QED) is 0.821. The number of rotatable bonds is 3. The Hall–Kier alpha value is -2.01. The molecule has 1 aliphatic heterocycles. The zero-order valence-electron chi connectivity index (χ0n) is 10.1. The number of carbonyl (C=O) groups excluding carboxylic acids is 1. The molecule has 1 amide bonds. The fourth-order valence-corrected chi connectivity index (χ4v) is 2.11. The second-order valence-corrected chi connectivity index (χ2v) is 4.56. The van der Waals surface area contributed by atoms with Crippen molar-refractivity contribution in [3.63, 3.8) is 0 Å². The Morgan fingerprint density at radius 1 is 1.47 bits per heavy atom. The van der Waals surface area contributed by atoms with Crippen LogP contribution in [-0.4, -0.2) is 36.6 Å². The number of hydrogen-bond acceptors (Lipinski definition) is 3. The normalized spacial score (nSPS) is 15.6. The van der Waals surface area contributed by atoms with Crippen LogP contribution in [0.5, 0.6) is 0 Å². The second-order valence-electron chi connectivity index (χ2n) is 4.15. The molecule has 100 valence electrons. The predicted octanol–water partition coefficient (Wildman–Crippen LogP) is 1.37. The van der Waals surface area contributed by atoms with Gasteiger partial charge in [-0.1, -0.05) is 17.7 Å². The van der Waals surface area contributed by atoms with Crippen LogP contribution in [0.2, 0.25) is 5.02 Å². The summed E-state index contributed by atoms with van der Waals surface area (Å²) in [5, 5.41) is 11.8. The fraction of sp³-hybridized carbons (Fsp3) is 0.231. The van der Waals surface area contributed by atoms with Crippen molar-refractivity contribution in [3.05, 3.63) is 34.9 Å². The number of halogens is 1. The topological polar surface area (TPSA) is 69.6 Å². The first-order chi connectivity index (χ1) is 9.06. The molecular formula is C13H13ClN2O3. The van der Waals surface area contributed by atoms with E-state index in [1.54, 1.807) is 12.1 Å². The Bertz CT molecular complexity index is 543. The number of benzene rings is 1. The second kappa shape index (κ2) is 5.75. The van der Waals surface area contributed by atoms with Gasteiger partial charge in [-0.05, 0) is 23.8 Å². The molecule has 2 rings (SSSR count). The smallest absolute Gasteiger partial charge is 0.328 e. The lowest BCUT2D eigenvalue weighted by atomic mass is 10.1. The molecule has 19 heavy (non-hydrogen) atoms. The van der Waals surface area contributed by atoms with Gasteiger partial charge in [0.2, 0.25) is 5.91 Å². The Labute approximate surface area is 115 Å². The first-order valence-electron chi connectivity index (χ1n) is 5.78. The molecule has 0 spiro atoms. The number of nitrogens with one attached hydrogen (secondary N) is 1. The minimum absolute atomic E-state index is 0.0165. The summed E-state index contributed by atoms with van der Waals surface area (Å²) in [6.45, 7) is 1.64. The summed E-state index contributed by atoms with van der Waals surface area (Å²) in [6, 6.07) is 5.30. The lowest BCUT2D eigenvalue weighted by molar-refractivity contribution is -0.131. The number of piperazine rings is 1. The molecule has 0 radical (unpaired) electrons. The molecule has 2 N–H and O–H groups in total. The van der Waals surface area contributed by atoms with Crippen molar-refractivity contribution in [3.8, 4) is 0 Å². The molecule has 1 saturated heterocycles. The molecule has 1 aromatic carbocycles. The Morgan fingerprint density at radius 3 is 2.89 bits per heavy atom. The third kappa shape index (κ3) is 3.48. The van der Waals surface area contributed by atoms with Crippen LogP contribution >= 0.6 is 11.6 Å². The summed E-state index contributed by atoms with van der Waals surface area (Å²) in [4.78, 5) is 23.7. The molecule has 1 fully saturated rings. The van der Waals surface area contributed by atoms with Gasteiger partial charge in [-0.15, -0.1) is 0 Å². The molecular weight excluding hydrogens is 268 g/mol. The van der Waals surface area contributed by atoms with Crippen LogP contribution in [0, 0.1) is 0 Å². The number of amides is 1. The molecule has 1 heterocycles. The van der Waals surface area contributed by atoms with Crippen LogP contribution < -0.4 is 10.2 Å². The fourth-order valence-electron chi connectivity index (χ4n) is 1.87. The highest BCUT2D eigenvalue weighted by Crippen LogP contribution is 2.25. The number of anilines is 1. The van der Waals surface area contributed by atoms with Crippen molar-refractivity contribution in [2.24, 2.45) is 0 Å². The highest BCUT2D eigenvalue weighted by Gasteiger charge is 2.16. The van der Waals surface area contributed by atoms with E-state index in [9.17, 15) is 9.59 Å². The highest BCUT2D eigenvalue weighted by molar-refractivity contribution is 6.32. The highest BCUT2D eigenvalue weighted by atomic mass is 35.5. The van der Waals surface area contributed by atoms with Crippen molar-refractivity contribution in [2.75, 3.05) is 24.5 Å². The van der Waals surface area contributed by atoms with Gasteiger partial charge < -0.3 is 15.3 Å². The minimum Gasteiger partial charge on any atom is -0.478 e. The van der Waals surface area contributed by atoms with Gasteiger partial charge in [0.25, 0.3) is 0 Å². The Morgan fingerprint density at radius 2 is 2.26 bits per heavy atom. The van der Waals surface area contributed by atoms with Crippen LogP contribution in [0.25, 0.3) is 6.08 Å². The molecule has 0 unspecified atom stereocenters. The zero-order chi connectivity index (χ0) is 13.8. The summed E-state index contributed by atoms with van der Waals surface area (Å²) >= 11 is 6.10. The molecule has 0 aromatic heterocycles. The number of carboxylic acid groups (broad SMARTS) is 1. The Kier molecular flexibility index (Phi) is 4.06. The van der Waals surface area contributed by atoms with Gasteiger partial charge in [0.15, 0.2) is 0 Å². The van der Waals surface area contributed by atoms with E-state index in [-0.39, 0.29) is 5.91 Å². The molecule has 0 bridgehead atoms. The maximum absolute atomic E-state index is 11.3. The molecule has 0 saturated carbocycles. The van der Waals surface area contributed by atoms with Gasteiger partial charge in [0.1, 0.15) is 0 Å². The van der Waals surface area contributed by atoms with Gasteiger partial charge in [-0.3, -0.25) is 4.79 Å². The summed E-state index contributed by atoms with van der Waals surface area (Å²) in [6.07, 6.45) is 2.48. The van der Waals surface area contributed by atoms with Gasteiger partial charge in [-0.2, -0.15) is 0 Å². The van der Waals surface area contributed by atoms with E-state index in [2.05, 4.69) is 5.32 Å². The van der Waals surface area contributed by atoms with Gasteiger partial charge in [0, 0.05) is 29.9 Å². The van der Waals surface area contributed by atoms with Crippen molar-refractivity contribution in [1.29, 1.82) is 0 Å². The minimum atomic E-state index is -1.02. The van der Waals surface area contributed by atoms with E-state index >= 15 is 0 Å². The van der Waals surface area contributed by atoms with E-state index in [1.807, 2.05) is 11.0 Å². The summed E-state index contributed by atoms with van der Waals surface area (Å²) in [5.74, 6) is -1.04. The third-order valence-electron chi connectivity index (χ3n) is 2.79. The third-order valence-corrected chi connectivity index (χ3v) is 3.12. The van der Waals surface area contributed by atoms with E-state index in [0.29, 0.717) is 23.7 Å². The van der Waals surface area contributed by atoms with Crippen molar-refractivity contribution >= 4 is 35.2 Å². The van der Waals surface area contributed by atoms with E-state index < -0.39 is 5.97 Å². The lowest BCUT2D eigenvalue weighted by Gasteiger charge is -2.28. The average Bonchev–Trinajstić information content (AvgIpc) is 2.37. The van der Waals surface area contributed by atoms with Crippen LogP contribution in [-0.2, 0) is 9.59 Å². The SMILES string of the molecule is O=C(O)/C=C/c1ccc(N2CCNC(=O)C2)cc1Cl. The number of hydrogen-bond donors (Lipinski definition) is 2. The molecule has 0 aliphatic carbocycles. The molecule has 5 nitrogen and oxygen atoms in total. The number of carboxylic acids is 1. The first-order valence-corrected chi connectivity index (χ1v) is 6.16.